The van der Waals surface area contributed by atoms with Crippen LogP contribution in [0.3, 0.4) is 0 Å². The van der Waals surface area contributed by atoms with E-state index in [1.165, 1.54) is 66.6 Å². The number of fused-ring (bicyclic) bond motifs is 11. The molecule has 3 heterocycles. The molecule has 0 unspecified atom stereocenters. The van der Waals surface area contributed by atoms with Crippen LogP contribution in [0.15, 0.2) is 158 Å². The van der Waals surface area contributed by atoms with Crippen molar-refractivity contribution in [1.82, 2.24) is 4.98 Å². The summed E-state index contributed by atoms with van der Waals surface area (Å²) in [5.41, 5.74) is 5.55. The van der Waals surface area contributed by atoms with Crippen LogP contribution in [0.5, 0.6) is 0 Å². The molecule has 0 fully saturated rings. The Kier molecular flexibility index (Phi) is 6.20. The molecular weight excluding hydrogens is 665 g/mol. The zero-order valence-corrected chi connectivity index (χ0v) is 29.1. The fraction of sp³-hybridized carbons (Fsp3) is 0. The fourth-order valence-corrected chi connectivity index (χ4v) is 10.9. The second-order valence-electron chi connectivity index (χ2n) is 12.8. The van der Waals surface area contributed by atoms with Crippen molar-refractivity contribution in [3.63, 3.8) is 0 Å². The number of hydrogen-bond donors (Lipinski definition) is 0. The molecule has 0 aliphatic heterocycles. The molecule has 0 N–H and O–H groups in total. The van der Waals surface area contributed by atoms with Gasteiger partial charge in [-0.05, 0) is 94.3 Å². The predicted molar refractivity (Wildman–Crippen MR) is 221 cm³/mol. The molecule has 8 aromatic carbocycles. The minimum Gasteiger partial charge on any atom is -0.310 e. The lowest BCUT2D eigenvalue weighted by Gasteiger charge is -2.26. The molecule has 11 rings (SSSR count). The summed E-state index contributed by atoms with van der Waals surface area (Å²) in [6.45, 7) is 0. The summed E-state index contributed by atoms with van der Waals surface area (Å²) in [6.07, 6.45) is 0. The molecule has 0 aliphatic rings. The Bertz CT molecular complexity index is 2920. The zero-order valence-electron chi connectivity index (χ0n) is 26.6. The third-order valence-electron chi connectivity index (χ3n) is 9.87. The SMILES string of the molecule is c1ccc2sc(-c3ccc(N(c4ccc5c(ccc6c7ccccc7sc56)c4)c4ccc5c(ccc6c7ccccc7sc56)c4)cc3)nc2c1. The van der Waals surface area contributed by atoms with Gasteiger partial charge in [-0.3, -0.25) is 0 Å². The van der Waals surface area contributed by atoms with E-state index in [0.717, 1.165) is 33.1 Å². The molecule has 0 spiro atoms. The minimum atomic E-state index is 1.04. The molecule has 0 radical (unpaired) electrons. The molecule has 234 valence electrons. The van der Waals surface area contributed by atoms with Crippen LogP contribution in [0.25, 0.3) is 82.7 Å². The first-order chi connectivity index (χ1) is 24.7. The van der Waals surface area contributed by atoms with Crippen LogP contribution in [0.4, 0.5) is 17.1 Å². The molecule has 0 amide bonds. The molecular formula is C45H26N2S3. The number of anilines is 3. The summed E-state index contributed by atoms with van der Waals surface area (Å²) in [5.74, 6) is 0. The molecule has 0 atom stereocenters. The second-order valence-corrected chi connectivity index (χ2v) is 15.9. The summed E-state index contributed by atoms with van der Waals surface area (Å²) < 4.78 is 6.57. The van der Waals surface area contributed by atoms with Gasteiger partial charge in [-0.2, -0.15) is 0 Å². The standard InChI is InChI=1S/C45H26N2S3/c1-4-10-40-35(7-1)37-21-15-28-25-31(19-23-33(28)43(37)48-40)47(30-17-13-27(14-18-30)45-46-39-9-3-6-12-42(39)50-45)32-20-24-34-29(26-32)16-22-38-36-8-2-5-11-41(36)49-44(34)38/h1-26H. The van der Waals surface area contributed by atoms with Gasteiger partial charge in [0.05, 0.1) is 10.2 Å². The van der Waals surface area contributed by atoms with Crippen LogP contribution in [-0.4, -0.2) is 4.98 Å². The third-order valence-corrected chi connectivity index (χ3v) is 13.4. The number of rotatable bonds is 4. The number of benzene rings is 8. The van der Waals surface area contributed by atoms with Crippen molar-refractivity contribution in [2.45, 2.75) is 0 Å². The lowest BCUT2D eigenvalue weighted by Crippen LogP contribution is -2.09. The lowest BCUT2D eigenvalue weighted by molar-refractivity contribution is 1.29. The number of para-hydroxylation sites is 1. The van der Waals surface area contributed by atoms with Crippen molar-refractivity contribution in [3.05, 3.63) is 158 Å². The summed E-state index contributed by atoms with van der Waals surface area (Å²) in [6, 6.07) is 57.8. The Labute approximate surface area is 299 Å². The van der Waals surface area contributed by atoms with Crippen LogP contribution in [0.1, 0.15) is 0 Å². The van der Waals surface area contributed by atoms with Crippen LogP contribution in [0, 0.1) is 0 Å². The first-order valence-electron chi connectivity index (χ1n) is 16.7. The van der Waals surface area contributed by atoms with E-state index in [-0.39, 0.29) is 0 Å². The van der Waals surface area contributed by atoms with E-state index in [4.69, 9.17) is 4.98 Å². The van der Waals surface area contributed by atoms with Gasteiger partial charge in [0.25, 0.3) is 0 Å². The Morgan fingerprint density at radius 3 is 1.46 bits per heavy atom. The van der Waals surface area contributed by atoms with Gasteiger partial charge in [0.2, 0.25) is 0 Å². The molecule has 0 saturated heterocycles. The average Bonchev–Trinajstić information content (AvgIpc) is 3.89. The molecule has 0 saturated carbocycles. The maximum atomic E-state index is 4.93. The van der Waals surface area contributed by atoms with Crippen molar-refractivity contribution in [2.24, 2.45) is 0 Å². The average molecular weight is 691 g/mol. The zero-order chi connectivity index (χ0) is 32.8. The van der Waals surface area contributed by atoms with E-state index in [0.29, 0.717) is 0 Å². The number of nitrogens with zero attached hydrogens (tertiary/aromatic N) is 2. The Hall–Kier alpha value is -5.59. The first-order valence-corrected chi connectivity index (χ1v) is 19.1. The third kappa shape index (κ3) is 4.34. The fourth-order valence-electron chi connectivity index (χ4n) is 7.47. The minimum absolute atomic E-state index is 1.04. The number of thiophene rings is 2. The number of thiazole rings is 1. The van der Waals surface area contributed by atoms with Crippen LogP contribution >= 0.6 is 34.0 Å². The monoisotopic (exact) mass is 690 g/mol. The van der Waals surface area contributed by atoms with Crippen molar-refractivity contribution in [3.8, 4) is 10.6 Å². The van der Waals surface area contributed by atoms with Crippen LogP contribution in [0.2, 0.25) is 0 Å². The van der Waals surface area contributed by atoms with E-state index >= 15 is 0 Å². The van der Waals surface area contributed by atoms with Crippen molar-refractivity contribution in [1.29, 1.82) is 0 Å². The Balaban J connectivity index is 1.08. The molecule has 0 bridgehead atoms. The number of hydrogen-bond acceptors (Lipinski definition) is 5. The van der Waals surface area contributed by atoms with Gasteiger partial charge in [-0.15, -0.1) is 34.0 Å². The Morgan fingerprint density at radius 2 is 0.880 bits per heavy atom. The first kappa shape index (κ1) is 28.3. The normalized spacial score (nSPS) is 12.0. The van der Waals surface area contributed by atoms with Crippen molar-refractivity contribution < 1.29 is 0 Å². The molecule has 2 nitrogen and oxygen atoms in total. The van der Waals surface area contributed by atoms with Gasteiger partial charge >= 0.3 is 0 Å². The van der Waals surface area contributed by atoms with Gasteiger partial charge in [0.1, 0.15) is 5.01 Å². The topological polar surface area (TPSA) is 16.1 Å². The maximum absolute atomic E-state index is 4.93. The van der Waals surface area contributed by atoms with Crippen molar-refractivity contribution >= 4 is 123 Å². The summed E-state index contributed by atoms with van der Waals surface area (Å²) in [7, 11) is 0. The largest absolute Gasteiger partial charge is 0.310 e. The van der Waals surface area contributed by atoms with E-state index < -0.39 is 0 Å². The highest BCUT2D eigenvalue weighted by Gasteiger charge is 2.17. The van der Waals surface area contributed by atoms with E-state index in [1.54, 1.807) is 11.3 Å². The van der Waals surface area contributed by atoms with Gasteiger partial charge in [-0.25, -0.2) is 4.98 Å². The lowest BCUT2D eigenvalue weighted by atomic mass is 10.0. The van der Waals surface area contributed by atoms with Gasteiger partial charge in [0.15, 0.2) is 0 Å². The molecule has 3 aromatic heterocycles. The van der Waals surface area contributed by atoms with Crippen LogP contribution < -0.4 is 4.90 Å². The van der Waals surface area contributed by atoms with Gasteiger partial charge < -0.3 is 4.90 Å². The van der Waals surface area contributed by atoms with Crippen LogP contribution in [-0.2, 0) is 0 Å². The highest BCUT2D eigenvalue weighted by atomic mass is 32.1. The second kappa shape index (κ2) is 11.0. The van der Waals surface area contributed by atoms with E-state index in [9.17, 15) is 0 Å². The predicted octanol–water partition coefficient (Wildman–Crippen LogP) is 14.5. The van der Waals surface area contributed by atoms with Gasteiger partial charge in [0, 0.05) is 63.0 Å². The van der Waals surface area contributed by atoms with Crippen molar-refractivity contribution in [2.75, 3.05) is 4.90 Å². The molecule has 11 aromatic rings. The summed E-state index contributed by atoms with van der Waals surface area (Å²) in [4.78, 5) is 7.32. The quantitative estimate of drug-likeness (QED) is 0.183. The molecule has 5 heteroatoms. The number of aromatic nitrogens is 1. The maximum Gasteiger partial charge on any atom is 0.124 e. The summed E-state index contributed by atoms with van der Waals surface area (Å²) in [5, 5.41) is 11.4. The van der Waals surface area contributed by atoms with Gasteiger partial charge in [-0.1, -0.05) is 84.9 Å². The Morgan fingerprint density at radius 1 is 0.380 bits per heavy atom. The smallest absolute Gasteiger partial charge is 0.124 e. The highest BCUT2D eigenvalue weighted by Crippen LogP contribution is 2.44. The van der Waals surface area contributed by atoms with E-state index in [2.05, 4.69) is 163 Å². The highest BCUT2D eigenvalue weighted by molar-refractivity contribution is 7.27. The molecule has 50 heavy (non-hydrogen) atoms. The molecule has 0 aliphatic carbocycles. The summed E-state index contributed by atoms with van der Waals surface area (Å²) >= 11 is 5.51. The van der Waals surface area contributed by atoms with E-state index in [1.807, 2.05) is 22.7 Å².